The molecule has 0 aromatic heterocycles. The van der Waals surface area contributed by atoms with Crippen LogP contribution < -0.4 is 0 Å². The summed E-state index contributed by atoms with van der Waals surface area (Å²) in [5.41, 5.74) is 2.74. The van der Waals surface area contributed by atoms with Crippen molar-refractivity contribution in [2.24, 2.45) is 0 Å². The van der Waals surface area contributed by atoms with Crippen molar-refractivity contribution in [1.29, 1.82) is 0 Å². The van der Waals surface area contributed by atoms with Gasteiger partial charge in [0.1, 0.15) is 0 Å². The van der Waals surface area contributed by atoms with Crippen LogP contribution in [0.2, 0.25) is 0 Å². The zero-order valence-electron chi connectivity index (χ0n) is 7.43. The first-order chi connectivity index (χ1) is 5.80. The van der Waals surface area contributed by atoms with Crippen LogP contribution in [-0.4, -0.2) is 47.1 Å². The maximum atomic E-state index is 8.74. The Morgan fingerprint density at radius 1 is 1.00 bits per heavy atom. The molecule has 0 spiro atoms. The fourth-order valence-electron chi connectivity index (χ4n) is 0.663. The van der Waals surface area contributed by atoms with Crippen molar-refractivity contribution in [3.8, 4) is 0 Å². The van der Waals surface area contributed by atoms with Gasteiger partial charge < -0.3 is 0 Å². The zero-order chi connectivity index (χ0) is 10.5. The minimum atomic E-state index is -4.67. The van der Waals surface area contributed by atoms with E-state index < -0.39 is 10.4 Å². The molecular formula is C8H13NaO4S. The predicted octanol–water partition coefficient (Wildman–Crippen LogP) is 1.00. The summed E-state index contributed by atoms with van der Waals surface area (Å²) in [6.07, 6.45) is 0. The van der Waals surface area contributed by atoms with Crippen molar-refractivity contribution in [2.75, 3.05) is 0 Å². The summed E-state index contributed by atoms with van der Waals surface area (Å²) >= 11 is 0. The molecule has 76 valence electrons. The molecule has 1 rings (SSSR count). The Hall–Kier alpha value is 0.0900. The van der Waals surface area contributed by atoms with E-state index in [4.69, 9.17) is 17.5 Å². The maximum absolute atomic E-state index is 8.74. The van der Waals surface area contributed by atoms with Crippen LogP contribution in [0.25, 0.3) is 0 Å². The van der Waals surface area contributed by atoms with Crippen molar-refractivity contribution in [3.05, 3.63) is 35.4 Å². The van der Waals surface area contributed by atoms with Crippen molar-refractivity contribution >= 4 is 40.0 Å². The Bertz CT molecular complexity index is 332. The molecule has 0 unspecified atom stereocenters. The van der Waals surface area contributed by atoms with Crippen LogP contribution in [0.4, 0.5) is 0 Å². The molecule has 2 N–H and O–H groups in total. The Morgan fingerprint density at radius 2 is 1.21 bits per heavy atom. The van der Waals surface area contributed by atoms with Crippen molar-refractivity contribution in [2.45, 2.75) is 13.8 Å². The van der Waals surface area contributed by atoms with Gasteiger partial charge in [0, 0.05) is 0 Å². The standard InChI is InChI=1S/C8H10.Na.H2O4S.H/c1-7-5-3-4-6-8(7)2;;1-5(2,3)4;/h3-6H,1-2H3;;(H2,1,2,3,4);. The summed E-state index contributed by atoms with van der Waals surface area (Å²) in [6, 6.07) is 8.36. The molecule has 1 aromatic rings. The van der Waals surface area contributed by atoms with Crippen LogP contribution in [0.15, 0.2) is 24.3 Å². The van der Waals surface area contributed by atoms with Gasteiger partial charge in [-0.3, -0.25) is 9.11 Å². The molecule has 0 atom stereocenters. The van der Waals surface area contributed by atoms with Crippen LogP contribution in [0, 0.1) is 13.8 Å². The first kappa shape index (κ1) is 16.5. The second-order valence-corrected chi connectivity index (χ2v) is 3.43. The third-order valence-electron chi connectivity index (χ3n) is 1.43. The second kappa shape index (κ2) is 7.39. The van der Waals surface area contributed by atoms with Crippen molar-refractivity contribution in [1.82, 2.24) is 0 Å². The van der Waals surface area contributed by atoms with Gasteiger partial charge in [-0.05, 0) is 25.0 Å². The fourth-order valence-corrected chi connectivity index (χ4v) is 0.663. The molecule has 14 heavy (non-hydrogen) atoms. The van der Waals surface area contributed by atoms with E-state index in [-0.39, 0.29) is 29.6 Å². The van der Waals surface area contributed by atoms with Gasteiger partial charge in [0.2, 0.25) is 0 Å². The van der Waals surface area contributed by atoms with Gasteiger partial charge in [0.05, 0.1) is 0 Å². The molecule has 0 fully saturated rings. The summed E-state index contributed by atoms with van der Waals surface area (Å²) in [5.74, 6) is 0. The molecule has 0 radical (unpaired) electrons. The van der Waals surface area contributed by atoms with Crippen LogP contribution in [0.5, 0.6) is 0 Å². The molecule has 0 heterocycles. The SMILES string of the molecule is Cc1ccccc1C.O=S(=O)(O)O.[NaH]. The molecule has 4 nitrogen and oxygen atoms in total. The molecule has 0 saturated heterocycles. The molecule has 0 aliphatic heterocycles. The Labute approximate surface area is 106 Å². The molecule has 0 aliphatic carbocycles. The van der Waals surface area contributed by atoms with Crippen LogP contribution in [-0.2, 0) is 10.4 Å². The van der Waals surface area contributed by atoms with Gasteiger partial charge >= 0.3 is 40.0 Å². The Balaban J connectivity index is 0. The predicted molar refractivity (Wildman–Crippen MR) is 57.2 cm³/mol. The Morgan fingerprint density at radius 3 is 1.36 bits per heavy atom. The summed E-state index contributed by atoms with van der Waals surface area (Å²) in [7, 11) is -4.67. The first-order valence-electron chi connectivity index (χ1n) is 3.53. The molecule has 0 amide bonds. The summed E-state index contributed by atoms with van der Waals surface area (Å²) in [6.45, 7) is 4.24. The number of hydrogen-bond acceptors (Lipinski definition) is 2. The number of aryl methyl sites for hydroxylation is 2. The van der Waals surface area contributed by atoms with E-state index >= 15 is 0 Å². The average molecular weight is 228 g/mol. The quantitative estimate of drug-likeness (QED) is 0.513. The van der Waals surface area contributed by atoms with Gasteiger partial charge in [0.25, 0.3) is 0 Å². The molecule has 0 saturated carbocycles. The molecule has 1 aromatic carbocycles. The topological polar surface area (TPSA) is 74.6 Å². The molecule has 6 heteroatoms. The summed E-state index contributed by atoms with van der Waals surface area (Å²) in [5, 5.41) is 0. The van der Waals surface area contributed by atoms with Gasteiger partial charge in [-0.15, -0.1) is 0 Å². The zero-order valence-corrected chi connectivity index (χ0v) is 8.25. The molecule has 0 bridgehead atoms. The fraction of sp³-hybridized carbons (Fsp3) is 0.250. The molecule has 0 aliphatic rings. The average Bonchev–Trinajstić information content (AvgIpc) is 1.92. The van der Waals surface area contributed by atoms with Crippen LogP contribution in [0.1, 0.15) is 11.1 Å². The van der Waals surface area contributed by atoms with Gasteiger partial charge in [-0.25, -0.2) is 0 Å². The van der Waals surface area contributed by atoms with E-state index in [1.807, 2.05) is 0 Å². The number of rotatable bonds is 0. The van der Waals surface area contributed by atoms with Gasteiger partial charge in [-0.1, -0.05) is 24.3 Å². The van der Waals surface area contributed by atoms with Gasteiger partial charge in [0.15, 0.2) is 0 Å². The number of benzene rings is 1. The van der Waals surface area contributed by atoms with E-state index in [0.717, 1.165) is 0 Å². The Kier molecular flexibility index (Phi) is 8.72. The third kappa shape index (κ3) is 12.1. The third-order valence-corrected chi connectivity index (χ3v) is 1.43. The van der Waals surface area contributed by atoms with Crippen LogP contribution in [0.3, 0.4) is 0 Å². The van der Waals surface area contributed by atoms with E-state index in [1.54, 1.807) is 0 Å². The van der Waals surface area contributed by atoms with Crippen molar-refractivity contribution in [3.63, 3.8) is 0 Å². The minimum absolute atomic E-state index is 0. The normalized spacial score (nSPS) is 9.43. The monoisotopic (exact) mass is 228 g/mol. The van der Waals surface area contributed by atoms with E-state index in [1.165, 1.54) is 11.1 Å². The van der Waals surface area contributed by atoms with E-state index in [0.29, 0.717) is 0 Å². The second-order valence-electron chi connectivity index (χ2n) is 2.53. The van der Waals surface area contributed by atoms with Gasteiger partial charge in [-0.2, -0.15) is 8.42 Å². The van der Waals surface area contributed by atoms with Crippen molar-refractivity contribution < 1.29 is 17.5 Å². The van der Waals surface area contributed by atoms with Crippen LogP contribution >= 0.6 is 0 Å². The van der Waals surface area contributed by atoms with E-state index in [9.17, 15) is 0 Å². The summed E-state index contributed by atoms with van der Waals surface area (Å²) in [4.78, 5) is 0. The number of hydrogen-bond donors (Lipinski definition) is 2. The molecular weight excluding hydrogens is 215 g/mol. The summed E-state index contributed by atoms with van der Waals surface area (Å²) < 4.78 is 31.6. The first-order valence-corrected chi connectivity index (χ1v) is 4.92. The van der Waals surface area contributed by atoms with E-state index in [2.05, 4.69) is 38.1 Å².